The summed E-state index contributed by atoms with van der Waals surface area (Å²) in [6, 6.07) is 7.66. The molecule has 2 aromatic rings. The zero-order valence-corrected chi connectivity index (χ0v) is 16.0. The highest BCUT2D eigenvalue weighted by Gasteiger charge is 2.34. The third kappa shape index (κ3) is 4.34. The van der Waals surface area contributed by atoms with E-state index in [0.717, 1.165) is 48.8 Å². The first-order valence-corrected chi connectivity index (χ1v) is 9.86. The number of hydrogen-bond donors (Lipinski definition) is 0. The molecule has 1 aromatic heterocycles. The number of carbonyl (C=O) groups is 1. The van der Waals surface area contributed by atoms with Gasteiger partial charge < -0.3 is 14.1 Å². The minimum absolute atomic E-state index is 0.0708. The number of halogens is 1. The maximum atomic E-state index is 12.8. The van der Waals surface area contributed by atoms with Gasteiger partial charge in [-0.3, -0.25) is 9.69 Å². The van der Waals surface area contributed by atoms with Crippen LogP contribution < -0.4 is 0 Å². The van der Waals surface area contributed by atoms with Crippen LogP contribution in [0.3, 0.4) is 0 Å². The van der Waals surface area contributed by atoms with E-state index in [-0.39, 0.29) is 11.9 Å². The molecule has 144 valence electrons. The van der Waals surface area contributed by atoms with Gasteiger partial charge in [0.25, 0.3) is 0 Å². The Morgan fingerprint density at radius 3 is 2.85 bits per heavy atom. The number of hydrogen-bond acceptors (Lipinski definition) is 5. The minimum Gasteiger partial charge on any atom is -0.443 e. The fourth-order valence-corrected chi connectivity index (χ4v) is 3.95. The van der Waals surface area contributed by atoms with Gasteiger partial charge in [-0.15, -0.1) is 0 Å². The van der Waals surface area contributed by atoms with E-state index in [1.54, 1.807) is 6.20 Å². The Kier molecular flexibility index (Phi) is 5.76. The highest BCUT2D eigenvalue weighted by Crippen LogP contribution is 2.32. The number of carbonyl (C=O) groups excluding carboxylic acids is 1. The van der Waals surface area contributed by atoms with Gasteiger partial charge in [0.05, 0.1) is 26.0 Å². The largest absolute Gasteiger partial charge is 0.443 e. The molecular weight excluding hydrogens is 366 g/mol. The maximum Gasteiger partial charge on any atom is 0.237 e. The van der Waals surface area contributed by atoms with E-state index in [1.807, 2.05) is 29.2 Å². The van der Waals surface area contributed by atoms with E-state index in [0.29, 0.717) is 32.1 Å². The molecule has 4 rings (SSSR count). The monoisotopic (exact) mass is 389 g/mol. The molecule has 2 fully saturated rings. The van der Waals surface area contributed by atoms with Gasteiger partial charge >= 0.3 is 0 Å². The van der Waals surface area contributed by atoms with Crippen LogP contribution in [0.2, 0.25) is 5.02 Å². The summed E-state index contributed by atoms with van der Waals surface area (Å²) in [4.78, 5) is 21.3. The molecule has 7 heteroatoms. The summed E-state index contributed by atoms with van der Waals surface area (Å²) in [7, 11) is 0. The summed E-state index contributed by atoms with van der Waals surface area (Å²) in [6.45, 7) is 4.21. The fourth-order valence-electron chi connectivity index (χ4n) is 3.75. The number of likely N-dealkylation sites (tertiary alicyclic amines) is 1. The number of benzene rings is 1. The molecule has 0 saturated carbocycles. The van der Waals surface area contributed by atoms with E-state index < -0.39 is 0 Å². The number of amides is 1. The van der Waals surface area contributed by atoms with Crippen LogP contribution in [0.4, 0.5) is 0 Å². The molecule has 2 aliphatic heterocycles. The van der Waals surface area contributed by atoms with Crippen LogP contribution in [-0.4, -0.2) is 60.1 Å². The lowest BCUT2D eigenvalue weighted by molar-refractivity contribution is -0.134. The van der Waals surface area contributed by atoms with Crippen molar-refractivity contribution in [3.8, 4) is 0 Å². The minimum atomic E-state index is -0.0708. The lowest BCUT2D eigenvalue weighted by Crippen LogP contribution is -2.44. The van der Waals surface area contributed by atoms with Gasteiger partial charge in [0, 0.05) is 31.1 Å². The highest BCUT2D eigenvalue weighted by molar-refractivity contribution is 6.31. The fraction of sp³-hybridized carbons (Fsp3) is 0.500. The first-order chi connectivity index (χ1) is 13.2. The summed E-state index contributed by atoms with van der Waals surface area (Å²) in [6.07, 6.45) is 4.21. The van der Waals surface area contributed by atoms with E-state index in [4.69, 9.17) is 20.8 Å². The number of rotatable bonds is 5. The van der Waals surface area contributed by atoms with Gasteiger partial charge in [-0.2, -0.15) is 0 Å². The molecule has 6 nitrogen and oxygen atoms in total. The van der Waals surface area contributed by atoms with Crippen molar-refractivity contribution in [2.24, 2.45) is 0 Å². The van der Waals surface area contributed by atoms with Crippen molar-refractivity contribution in [3.05, 3.63) is 52.7 Å². The average molecular weight is 390 g/mol. The molecule has 0 N–H and O–H groups in total. The van der Waals surface area contributed by atoms with Crippen molar-refractivity contribution in [2.75, 3.05) is 39.4 Å². The van der Waals surface area contributed by atoms with Gasteiger partial charge in [-0.05, 0) is 24.5 Å². The molecule has 0 aliphatic carbocycles. The zero-order valence-electron chi connectivity index (χ0n) is 15.3. The van der Waals surface area contributed by atoms with Crippen LogP contribution in [0.5, 0.6) is 0 Å². The van der Waals surface area contributed by atoms with Gasteiger partial charge in [0.2, 0.25) is 11.8 Å². The predicted molar refractivity (Wildman–Crippen MR) is 102 cm³/mol. The van der Waals surface area contributed by atoms with Crippen molar-refractivity contribution in [1.29, 1.82) is 0 Å². The Labute approximate surface area is 164 Å². The summed E-state index contributed by atoms with van der Waals surface area (Å²) >= 11 is 6.24. The van der Waals surface area contributed by atoms with Crippen LogP contribution in [0.15, 0.2) is 34.9 Å². The molecule has 1 amide bonds. The lowest BCUT2D eigenvalue weighted by atomic mass is 10.1. The second-order valence-corrected chi connectivity index (χ2v) is 7.47. The second-order valence-electron chi connectivity index (χ2n) is 7.07. The van der Waals surface area contributed by atoms with Crippen molar-refractivity contribution in [2.45, 2.75) is 25.3 Å². The molecule has 0 radical (unpaired) electrons. The topological polar surface area (TPSA) is 58.8 Å². The molecule has 1 unspecified atom stereocenters. The third-order valence-electron chi connectivity index (χ3n) is 5.21. The molecule has 3 heterocycles. The van der Waals surface area contributed by atoms with Crippen LogP contribution in [-0.2, 0) is 16.0 Å². The first-order valence-electron chi connectivity index (χ1n) is 9.48. The van der Waals surface area contributed by atoms with Gasteiger partial charge in [0.1, 0.15) is 11.8 Å². The molecule has 2 aliphatic rings. The molecule has 0 bridgehead atoms. The summed E-state index contributed by atoms with van der Waals surface area (Å²) in [5, 5.41) is 0.721. The van der Waals surface area contributed by atoms with Crippen LogP contribution in [0.1, 0.15) is 36.1 Å². The number of nitrogens with zero attached hydrogens (tertiary/aromatic N) is 3. The Morgan fingerprint density at radius 2 is 2.04 bits per heavy atom. The Hall–Kier alpha value is -1.89. The van der Waals surface area contributed by atoms with Crippen molar-refractivity contribution in [1.82, 2.24) is 14.8 Å². The first kappa shape index (κ1) is 18.5. The normalized spacial score (nSPS) is 20.9. The smallest absolute Gasteiger partial charge is 0.237 e. The summed E-state index contributed by atoms with van der Waals surface area (Å²) in [5.74, 6) is 1.54. The second kappa shape index (κ2) is 8.42. The third-order valence-corrected chi connectivity index (χ3v) is 5.58. The van der Waals surface area contributed by atoms with Gasteiger partial charge in [0.15, 0.2) is 0 Å². The lowest BCUT2D eigenvalue weighted by Gasteiger charge is -2.29. The molecular formula is C20H24ClN3O3. The van der Waals surface area contributed by atoms with Gasteiger partial charge in [-0.1, -0.05) is 29.8 Å². The van der Waals surface area contributed by atoms with Crippen molar-refractivity contribution >= 4 is 17.5 Å². The average Bonchev–Trinajstić information content (AvgIpc) is 3.33. The number of oxazole rings is 1. The standard InChI is InChI=1S/C20H24ClN3O3/c21-17-5-2-1-4-15(17)12-16-13-22-20(27-16)18-6-3-7-24(18)19(25)14-23-8-10-26-11-9-23/h1-2,4-5,13,18H,3,6-12,14H2. The van der Waals surface area contributed by atoms with Crippen molar-refractivity contribution < 1.29 is 13.9 Å². The Bertz CT molecular complexity index is 788. The molecule has 27 heavy (non-hydrogen) atoms. The highest BCUT2D eigenvalue weighted by atomic mass is 35.5. The number of ether oxygens (including phenoxy) is 1. The van der Waals surface area contributed by atoms with Crippen LogP contribution in [0, 0.1) is 0 Å². The summed E-state index contributed by atoms with van der Waals surface area (Å²) < 4.78 is 11.4. The molecule has 1 atom stereocenters. The Morgan fingerprint density at radius 1 is 1.22 bits per heavy atom. The zero-order chi connectivity index (χ0) is 18.6. The Balaban J connectivity index is 1.42. The summed E-state index contributed by atoms with van der Waals surface area (Å²) in [5.41, 5.74) is 1.01. The van der Waals surface area contributed by atoms with E-state index >= 15 is 0 Å². The number of morpholine rings is 1. The van der Waals surface area contributed by atoms with E-state index in [9.17, 15) is 4.79 Å². The van der Waals surface area contributed by atoms with E-state index in [1.165, 1.54) is 0 Å². The van der Waals surface area contributed by atoms with Crippen LogP contribution >= 0.6 is 11.6 Å². The molecule has 0 spiro atoms. The molecule has 1 aromatic carbocycles. The van der Waals surface area contributed by atoms with E-state index in [2.05, 4.69) is 9.88 Å². The number of aromatic nitrogens is 1. The van der Waals surface area contributed by atoms with Crippen LogP contribution in [0.25, 0.3) is 0 Å². The maximum absolute atomic E-state index is 12.8. The predicted octanol–water partition coefficient (Wildman–Crippen LogP) is 2.91. The quantitative estimate of drug-likeness (QED) is 0.786. The molecule has 2 saturated heterocycles. The van der Waals surface area contributed by atoms with Crippen molar-refractivity contribution in [3.63, 3.8) is 0 Å². The van der Waals surface area contributed by atoms with Gasteiger partial charge in [-0.25, -0.2) is 4.98 Å². The SMILES string of the molecule is O=C(CN1CCOCC1)N1CCCC1c1ncc(Cc2ccccc2Cl)o1.